The number of nitrogens with one attached hydrogen (secondary N) is 2. The summed E-state index contributed by atoms with van der Waals surface area (Å²) in [7, 11) is -3.87. The first kappa shape index (κ1) is 18.4. The molecule has 9 heteroatoms. The van der Waals surface area contributed by atoms with Crippen molar-refractivity contribution in [1.82, 2.24) is 4.72 Å². The van der Waals surface area contributed by atoms with Crippen molar-refractivity contribution in [3.63, 3.8) is 0 Å². The van der Waals surface area contributed by atoms with E-state index in [0.29, 0.717) is 24.6 Å². The first-order valence-electron chi connectivity index (χ1n) is 8.20. The maximum Gasteiger partial charge on any atom is 0.337 e. The largest absolute Gasteiger partial charge is 0.478 e. The first-order valence-corrected chi connectivity index (χ1v) is 9.69. The molecule has 140 valence electrons. The Hall–Kier alpha value is -2.36. The quantitative estimate of drug-likeness (QED) is 0.641. The Morgan fingerprint density at radius 3 is 2.81 bits per heavy atom. The van der Waals surface area contributed by atoms with E-state index in [4.69, 9.17) is 9.15 Å². The zero-order chi connectivity index (χ0) is 18.6. The smallest absolute Gasteiger partial charge is 0.337 e. The molecule has 8 nitrogen and oxygen atoms in total. The molecule has 1 aromatic heterocycles. The van der Waals surface area contributed by atoms with E-state index in [1.54, 1.807) is 12.1 Å². The second-order valence-electron chi connectivity index (χ2n) is 5.93. The summed E-state index contributed by atoms with van der Waals surface area (Å²) in [6.07, 6.45) is 3.38. The number of sulfonamides is 1. The number of hydrogen-bond acceptors (Lipinski definition) is 6. The lowest BCUT2D eigenvalue weighted by molar-refractivity contribution is 0.0697. The van der Waals surface area contributed by atoms with Crippen molar-refractivity contribution in [2.24, 2.45) is 0 Å². The Kier molecular flexibility index (Phi) is 5.60. The van der Waals surface area contributed by atoms with Crippen LogP contribution in [0.5, 0.6) is 0 Å². The van der Waals surface area contributed by atoms with Crippen LogP contribution in [0.15, 0.2) is 45.9 Å². The third-order valence-electron chi connectivity index (χ3n) is 4.09. The van der Waals surface area contributed by atoms with Crippen LogP contribution in [0.2, 0.25) is 0 Å². The number of carboxylic acids is 1. The molecule has 1 aliphatic heterocycles. The maximum absolute atomic E-state index is 12.4. The van der Waals surface area contributed by atoms with E-state index in [9.17, 15) is 18.3 Å². The highest BCUT2D eigenvalue weighted by molar-refractivity contribution is 7.89. The van der Waals surface area contributed by atoms with Crippen molar-refractivity contribution in [3.05, 3.63) is 47.9 Å². The minimum Gasteiger partial charge on any atom is -0.478 e. The minimum atomic E-state index is -3.87. The second kappa shape index (κ2) is 7.90. The van der Waals surface area contributed by atoms with Gasteiger partial charge in [0, 0.05) is 18.8 Å². The standard InChI is InChI=1S/C17H20N2O6S/c20-17(21)15-9-14(26(22,23)19-11-13-4-2-8-25-13)5-6-16(15)18-10-12-3-1-7-24-12/h2,4-6,8-9,12,18-19H,1,3,7,10-11H2,(H,20,21). The molecule has 0 bridgehead atoms. The first-order chi connectivity index (χ1) is 12.5. The van der Waals surface area contributed by atoms with E-state index in [2.05, 4.69) is 10.0 Å². The Morgan fingerprint density at radius 1 is 1.31 bits per heavy atom. The van der Waals surface area contributed by atoms with Gasteiger partial charge in [-0.15, -0.1) is 0 Å². The summed E-state index contributed by atoms with van der Waals surface area (Å²) in [5.74, 6) is -0.746. The fourth-order valence-electron chi connectivity index (χ4n) is 2.71. The van der Waals surface area contributed by atoms with Crippen LogP contribution in [0, 0.1) is 0 Å². The van der Waals surface area contributed by atoms with Gasteiger partial charge in [-0.05, 0) is 43.2 Å². The van der Waals surface area contributed by atoms with Gasteiger partial charge in [0.05, 0.1) is 29.4 Å². The Morgan fingerprint density at radius 2 is 2.15 bits per heavy atom. The van der Waals surface area contributed by atoms with Gasteiger partial charge in [0.25, 0.3) is 0 Å². The Bertz CT molecular complexity index is 857. The molecule has 2 aromatic rings. The molecule has 1 fully saturated rings. The Balaban J connectivity index is 1.74. The number of ether oxygens (including phenoxy) is 1. The molecule has 0 spiro atoms. The summed E-state index contributed by atoms with van der Waals surface area (Å²) in [4.78, 5) is 11.4. The number of aromatic carboxylic acids is 1. The molecular formula is C17H20N2O6S. The summed E-state index contributed by atoms with van der Waals surface area (Å²) >= 11 is 0. The zero-order valence-corrected chi connectivity index (χ0v) is 14.8. The number of carboxylic acid groups (broad SMARTS) is 1. The van der Waals surface area contributed by atoms with Crippen LogP contribution >= 0.6 is 0 Å². The van der Waals surface area contributed by atoms with Crippen LogP contribution in [-0.2, 0) is 21.3 Å². The SMILES string of the molecule is O=C(O)c1cc(S(=O)(=O)NCc2ccco2)ccc1NCC1CCCO1. The Labute approximate surface area is 151 Å². The van der Waals surface area contributed by atoms with Crippen molar-refractivity contribution in [1.29, 1.82) is 0 Å². The van der Waals surface area contributed by atoms with Crippen LogP contribution < -0.4 is 10.0 Å². The molecule has 0 aliphatic carbocycles. The van der Waals surface area contributed by atoms with Crippen LogP contribution in [0.3, 0.4) is 0 Å². The predicted molar refractivity (Wildman–Crippen MR) is 93.6 cm³/mol. The van der Waals surface area contributed by atoms with Gasteiger partial charge < -0.3 is 19.6 Å². The monoisotopic (exact) mass is 380 g/mol. The van der Waals surface area contributed by atoms with E-state index in [0.717, 1.165) is 18.9 Å². The summed E-state index contributed by atoms with van der Waals surface area (Å²) in [6, 6.07) is 7.27. The average molecular weight is 380 g/mol. The lowest BCUT2D eigenvalue weighted by Crippen LogP contribution is -2.24. The lowest BCUT2D eigenvalue weighted by atomic mass is 10.1. The molecule has 1 saturated heterocycles. The normalized spacial score (nSPS) is 17.3. The van der Waals surface area contributed by atoms with Crippen LogP contribution in [0.4, 0.5) is 5.69 Å². The van der Waals surface area contributed by atoms with Crippen molar-refractivity contribution >= 4 is 21.7 Å². The lowest BCUT2D eigenvalue weighted by Gasteiger charge is -2.15. The number of benzene rings is 1. The molecule has 0 saturated carbocycles. The third kappa shape index (κ3) is 4.43. The average Bonchev–Trinajstić information content (AvgIpc) is 3.31. The number of furan rings is 1. The summed E-state index contributed by atoms with van der Waals surface area (Å²) in [6.45, 7) is 1.16. The van der Waals surface area contributed by atoms with E-state index < -0.39 is 16.0 Å². The fraction of sp³-hybridized carbons (Fsp3) is 0.353. The summed E-state index contributed by atoms with van der Waals surface area (Å²) in [5.41, 5.74) is 0.252. The molecule has 2 heterocycles. The van der Waals surface area contributed by atoms with Gasteiger partial charge in [-0.25, -0.2) is 17.9 Å². The molecular weight excluding hydrogens is 360 g/mol. The molecule has 0 amide bonds. The van der Waals surface area contributed by atoms with Gasteiger partial charge in [0.2, 0.25) is 10.0 Å². The number of anilines is 1. The third-order valence-corrected chi connectivity index (χ3v) is 5.49. The maximum atomic E-state index is 12.4. The van der Waals surface area contributed by atoms with E-state index in [1.165, 1.54) is 18.4 Å². The van der Waals surface area contributed by atoms with E-state index in [1.807, 2.05) is 0 Å². The summed E-state index contributed by atoms with van der Waals surface area (Å²) < 4.78 is 37.8. The molecule has 26 heavy (non-hydrogen) atoms. The van der Waals surface area contributed by atoms with Gasteiger partial charge in [-0.2, -0.15) is 0 Å². The number of carbonyl (C=O) groups is 1. The van der Waals surface area contributed by atoms with E-state index in [-0.39, 0.29) is 23.1 Å². The highest BCUT2D eigenvalue weighted by atomic mass is 32.2. The number of hydrogen-bond donors (Lipinski definition) is 3. The van der Waals surface area contributed by atoms with Gasteiger partial charge in [-0.3, -0.25) is 0 Å². The molecule has 1 unspecified atom stereocenters. The van der Waals surface area contributed by atoms with Gasteiger partial charge >= 0.3 is 5.97 Å². The minimum absolute atomic E-state index is 0.0171. The van der Waals surface area contributed by atoms with Gasteiger partial charge in [0.15, 0.2) is 0 Å². The molecule has 0 radical (unpaired) electrons. The fourth-order valence-corrected chi connectivity index (χ4v) is 3.73. The van der Waals surface area contributed by atoms with E-state index >= 15 is 0 Å². The molecule has 1 atom stereocenters. The van der Waals surface area contributed by atoms with Crippen LogP contribution in [-0.4, -0.2) is 38.7 Å². The van der Waals surface area contributed by atoms with Crippen molar-refractivity contribution in [2.75, 3.05) is 18.5 Å². The van der Waals surface area contributed by atoms with Crippen LogP contribution in [0.25, 0.3) is 0 Å². The van der Waals surface area contributed by atoms with Gasteiger partial charge in [-0.1, -0.05) is 0 Å². The highest BCUT2D eigenvalue weighted by Gasteiger charge is 2.21. The summed E-state index contributed by atoms with van der Waals surface area (Å²) in [5, 5.41) is 12.5. The highest BCUT2D eigenvalue weighted by Crippen LogP contribution is 2.22. The molecule has 3 N–H and O–H groups in total. The topological polar surface area (TPSA) is 118 Å². The van der Waals surface area contributed by atoms with Gasteiger partial charge in [0.1, 0.15) is 5.76 Å². The van der Waals surface area contributed by atoms with Crippen molar-refractivity contribution in [3.8, 4) is 0 Å². The molecule has 1 aliphatic rings. The molecule has 3 rings (SSSR count). The zero-order valence-electron chi connectivity index (χ0n) is 14.0. The van der Waals surface area contributed by atoms with Crippen LogP contribution in [0.1, 0.15) is 29.0 Å². The predicted octanol–water partition coefficient (Wildman–Crippen LogP) is 2.05. The van der Waals surface area contributed by atoms with Crippen molar-refractivity contribution < 1.29 is 27.5 Å². The number of rotatable bonds is 8. The molecule has 1 aromatic carbocycles. The van der Waals surface area contributed by atoms with Crippen molar-refractivity contribution in [2.45, 2.75) is 30.4 Å². The second-order valence-corrected chi connectivity index (χ2v) is 7.70.